The lowest BCUT2D eigenvalue weighted by Gasteiger charge is -2.36. The van der Waals surface area contributed by atoms with E-state index >= 15 is 4.39 Å². The molecular formula is C31H37FN8O3S2. The van der Waals surface area contributed by atoms with Crippen molar-refractivity contribution in [2.24, 2.45) is 0 Å². The molecule has 0 unspecified atom stereocenters. The topological polar surface area (TPSA) is 107 Å². The smallest absolute Gasteiger partial charge is 0.227 e. The van der Waals surface area contributed by atoms with Gasteiger partial charge < -0.3 is 24.8 Å². The molecule has 4 heterocycles. The Morgan fingerprint density at radius 1 is 0.956 bits per heavy atom. The Labute approximate surface area is 268 Å². The number of aromatic nitrogens is 3. The van der Waals surface area contributed by atoms with E-state index in [1.165, 1.54) is 6.07 Å². The third-order valence-corrected chi connectivity index (χ3v) is 9.84. The summed E-state index contributed by atoms with van der Waals surface area (Å²) in [7, 11) is 1.40. The van der Waals surface area contributed by atoms with E-state index in [0.717, 1.165) is 58.9 Å². The zero-order chi connectivity index (χ0) is 31.3. The number of thiol groups is 1. The number of piperazine rings is 2. The van der Waals surface area contributed by atoms with Gasteiger partial charge in [-0.15, -0.1) is 0 Å². The van der Waals surface area contributed by atoms with E-state index in [1.807, 2.05) is 41.3 Å². The lowest BCUT2D eigenvalue weighted by Crippen LogP contribution is -2.47. The first kappa shape index (κ1) is 31.1. The Morgan fingerprint density at radius 3 is 2.47 bits per heavy atom. The van der Waals surface area contributed by atoms with Crippen LogP contribution in [0.1, 0.15) is 0 Å². The van der Waals surface area contributed by atoms with Gasteiger partial charge in [0.2, 0.25) is 5.95 Å². The second kappa shape index (κ2) is 14.1. The van der Waals surface area contributed by atoms with Crippen LogP contribution >= 0.6 is 11.3 Å². The standard InChI is InChI=1S/C31H37FN8O3S2/c1-37-10-14-40(15-11-37)31-36-28(22-4-3-5-24(20-22)43-2)29(44-31)26-8-9-33-30(35-26)34-23-6-7-27(25(32)21-23)39-16-12-38(13-17-39)18-19-45(41)42/h3-9,20-21,45H,10-19H2,1-2H3,(H,33,34,35). The van der Waals surface area contributed by atoms with Gasteiger partial charge in [0, 0.05) is 76.4 Å². The quantitative estimate of drug-likeness (QED) is 0.245. The summed E-state index contributed by atoms with van der Waals surface area (Å²) in [4.78, 5) is 24.0. The molecule has 2 aromatic carbocycles. The molecule has 2 saturated heterocycles. The maximum Gasteiger partial charge on any atom is 0.227 e. The highest BCUT2D eigenvalue weighted by Crippen LogP contribution is 2.41. The maximum absolute atomic E-state index is 15.3. The predicted octanol–water partition coefficient (Wildman–Crippen LogP) is 3.64. The Morgan fingerprint density at radius 2 is 1.73 bits per heavy atom. The number of hydrogen-bond acceptors (Lipinski definition) is 12. The SMILES string of the molecule is COc1cccc(-c2nc(N3CCN(C)CC3)sc2-c2ccnc(Nc3ccc(N4CCN(CC[SH](=O)=O)CC4)c(F)c3)n2)c1. The van der Waals surface area contributed by atoms with Crippen LogP contribution < -0.4 is 19.9 Å². The summed E-state index contributed by atoms with van der Waals surface area (Å²) < 4.78 is 42.6. The van der Waals surface area contributed by atoms with Gasteiger partial charge in [0.25, 0.3) is 0 Å². The number of benzene rings is 2. The number of anilines is 4. The van der Waals surface area contributed by atoms with E-state index in [1.54, 1.807) is 30.7 Å². The van der Waals surface area contributed by atoms with Crippen molar-refractivity contribution < 1.29 is 17.5 Å². The third-order valence-electron chi connectivity index (χ3n) is 8.14. The molecule has 0 radical (unpaired) electrons. The van der Waals surface area contributed by atoms with Gasteiger partial charge in [0.1, 0.15) is 22.3 Å². The molecule has 11 nitrogen and oxygen atoms in total. The lowest BCUT2D eigenvalue weighted by molar-refractivity contribution is 0.271. The molecular weight excluding hydrogens is 616 g/mol. The van der Waals surface area contributed by atoms with Crippen molar-refractivity contribution in [3.05, 3.63) is 60.5 Å². The van der Waals surface area contributed by atoms with Crippen LogP contribution in [-0.2, 0) is 10.7 Å². The first-order valence-electron chi connectivity index (χ1n) is 14.9. The van der Waals surface area contributed by atoms with Gasteiger partial charge in [-0.25, -0.2) is 27.8 Å². The van der Waals surface area contributed by atoms with Crippen LogP contribution in [0.3, 0.4) is 0 Å². The van der Waals surface area contributed by atoms with Gasteiger partial charge in [-0.05, 0) is 43.4 Å². The summed E-state index contributed by atoms with van der Waals surface area (Å²) in [6.45, 7) is 6.90. The molecule has 238 valence electrons. The lowest BCUT2D eigenvalue weighted by atomic mass is 10.1. The summed E-state index contributed by atoms with van der Waals surface area (Å²) in [5.74, 6) is 0.918. The fourth-order valence-corrected chi connectivity index (χ4v) is 7.09. The molecule has 0 spiro atoms. The molecule has 6 rings (SSSR count). The zero-order valence-electron chi connectivity index (χ0n) is 25.4. The number of halogens is 1. The Balaban J connectivity index is 1.21. The number of likely N-dealkylation sites (N-methyl/N-ethyl adjacent to an activating group) is 1. The van der Waals surface area contributed by atoms with Gasteiger partial charge in [-0.3, -0.25) is 4.90 Å². The summed E-state index contributed by atoms with van der Waals surface area (Å²) in [5, 5.41) is 4.12. The molecule has 14 heteroatoms. The van der Waals surface area contributed by atoms with Crippen LogP contribution in [0.4, 0.5) is 26.8 Å². The highest BCUT2D eigenvalue weighted by Gasteiger charge is 2.23. The van der Waals surface area contributed by atoms with Gasteiger partial charge in [-0.2, -0.15) is 0 Å². The Hall–Kier alpha value is -3.85. The third kappa shape index (κ3) is 7.52. The Bertz CT molecular complexity index is 1690. The number of thiazole rings is 1. The second-order valence-corrected chi connectivity index (χ2v) is 13.2. The first-order chi connectivity index (χ1) is 21.9. The van der Waals surface area contributed by atoms with E-state index in [9.17, 15) is 8.42 Å². The molecule has 2 aromatic heterocycles. The summed E-state index contributed by atoms with van der Waals surface area (Å²) in [5.41, 5.74) is 3.55. The van der Waals surface area contributed by atoms with Gasteiger partial charge in [0.15, 0.2) is 5.13 Å². The van der Waals surface area contributed by atoms with Crippen molar-refractivity contribution in [1.82, 2.24) is 24.8 Å². The highest BCUT2D eigenvalue weighted by molar-refractivity contribution is 7.72. The molecule has 0 saturated carbocycles. The van der Waals surface area contributed by atoms with Crippen molar-refractivity contribution in [3.63, 3.8) is 0 Å². The number of hydrogen-bond donors (Lipinski definition) is 2. The number of methoxy groups -OCH3 is 1. The van der Waals surface area contributed by atoms with E-state index in [-0.39, 0.29) is 11.6 Å². The summed E-state index contributed by atoms with van der Waals surface area (Å²) in [6.07, 6.45) is 1.70. The largest absolute Gasteiger partial charge is 0.497 e. The van der Waals surface area contributed by atoms with Crippen molar-refractivity contribution in [3.8, 4) is 27.6 Å². The summed E-state index contributed by atoms with van der Waals surface area (Å²) >= 11 is 1.61. The second-order valence-electron chi connectivity index (χ2n) is 11.1. The molecule has 0 amide bonds. The van der Waals surface area contributed by atoms with Crippen LogP contribution in [0.2, 0.25) is 0 Å². The minimum Gasteiger partial charge on any atom is -0.497 e. The van der Waals surface area contributed by atoms with Gasteiger partial charge >= 0.3 is 0 Å². The normalized spacial score (nSPS) is 16.4. The molecule has 45 heavy (non-hydrogen) atoms. The van der Waals surface area contributed by atoms with Gasteiger partial charge in [0.05, 0.1) is 34.8 Å². The van der Waals surface area contributed by atoms with E-state index in [2.05, 4.69) is 32.0 Å². The van der Waals surface area contributed by atoms with Crippen molar-refractivity contribution in [2.75, 3.05) is 93.9 Å². The minimum absolute atomic E-state index is 0.149. The van der Waals surface area contributed by atoms with Crippen molar-refractivity contribution in [1.29, 1.82) is 0 Å². The van der Waals surface area contributed by atoms with E-state index < -0.39 is 10.7 Å². The van der Waals surface area contributed by atoms with E-state index in [4.69, 9.17) is 14.7 Å². The molecule has 2 fully saturated rings. The Kier molecular flexibility index (Phi) is 9.73. The van der Waals surface area contributed by atoms with Crippen LogP contribution in [-0.4, -0.2) is 112 Å². The number of rotatable bonds is 10. The minimum atomic E-state index is -2.39. The molecule has 2 aliphatic heterocycles. The average molecular weight is 653 g/mol. The number of ether oxygens (including phenoxy) is 1. The molecule has 1 N–H and O–H groups in total. The fourth-order valence-electron chi connectivity index (χ4n) is 5.53. The van der Waals surface area contributed by atoms with E-state index in [0.29, 0.717) is 50.0 Å². The predicted molar refractivity (Wildman–Crippen MR) is 178 cm³/mol. The molecule has 0 aliphatic carbocycles. The number of nitrogens with zero attached hydrogens (tertiary/aromatic N) is 7. The monoisotopic (exact) mass is 652 g/mol. The van der Waals surface area contributed by atoms with Gasteiger partial charge in [-0.1, -0.05) is 23.5 Å². The van der Waals surface area contributed by atoms with Crippen LogP contribution in [0, 0.1) is 5.82 Å². The zero-order valence-corrected chi connectivity index (χ0v) is 27.1. The van der Waals surface area contributed by atoms with Crippen molar-refractivity contribution >= 4 is 44.5 Å². The van der Waals surface area contributed by atoms with Crippen LogP contribution in [0.5, 0.6) is 5.75 Å². The highest BCUT2D eigenvalue weighted by atomic mass is 32.2. The number of nitrogens with one attached hydrogen (secondary N) is 1. The molecule has 0 bridgehead atoms. The molecule has 2 aliphatic rings. The van der Waals surface area contributed by atoms with Crippen LogP contribution in [0.25, 0.3) is 21.8 Å². The molecule has 4 aromatic rings. The fraction of sp³-hybridized carbons (Fsp3) is 0.387. The first-order valence-corrected chi connectivity index (χ1v) is 17.1. The summed E-state index contributed by atoms with van der Waals surface area (Å²) in [6, 6.07) is 14.8. The van der Waals surface area contributed by atoms with Crippen LogP contribution in [0.15, 0.2) is 54.7 Å². The molecule has 0 atom stereocenters. The van der Waals surface area contributed by atoms with Crippen molar-refractivity contribution in [2.45, 2.75) is 0 Å². The average Bonchev–Trinajstić information content (AvgIpc) is 3.50. The maximum atomic E-state index is 15.3.